The topological polar surface area (TPSA) is 29.0 Å². The second-order valence-electron chi connectivity index (χ2n) is 4.28. The minimum Gasteiger partial charge on any atom is -0.356 e. The van der Waals surface area contributed by atoms with E-state index in [4.69, 9.17) is 0 Å². The van der Waals surface area contributed by atoms with Crippen molar-refractivity contribution < 1.29 is 0 Å². The van der Waals surface area contributed by atoms with Gasteiger partial charge in [-0.05, 0) is 30.7 Å². The Morgan fingerprint density at radius 1 is 1.18 bits per heavy atom. The highest BCUT2D eigenvalue weighted by Gasteiger charge is 2.13. The molecular formula is C13H19N3S. The van der Waals surface area contributed by atoms with Gasteiger partial charge in [0.15, 0.2) is 0 Å². The molecule has 0 aliphatic rings. The third-order valence-electron chi connectivity index (χ3n) is 2.82. The molecule has 3 nitrogen and oxygen atoms in total. The Morgan fingerprint density at radius 2 is 1.88 bits per heavy atom. The molecule has 2 aromatic rings. The van der Waals surface area contributed by atoms with Crippen molar-refractivity contribution >= 4 is 27.4 Å². The monoisotopic (exact) mass is 249 g/mol. The second-order valence-corrected chi connectivity index (χ2v) is 5.14. The molecule has 0 aliphatic carbocycles. The second kappa shape index (κ2) is 5.45. The van der Waals surface area contributed by atoms with Crippen molar-refractivity contribution in [1.29, 1.82) is 0 Å². The van der Waals surface area contributed by atoms with Crippen LogP contribution in [0.3, 0.4) is 0 Å². The predicted octanol–water partition coefficient (Wildman–Crippen LogP) is 3.63. The van der Waals surface area contributed by atoms with Gasteiger partial charge in [-0.3, -0.25) is 0 Å². The van der Waals surface area contributed by atoms with Gasteiger partial charge in [-0.1, -0.05) is 13.8 Å². The molecule has 0 amide bonds. The summed E-state index contributed by atoms with van der Waals surface area (Å²) >= 11 is 1.70. The summed E-state index contributed by atoms with van der Waals surface area (Å²) in [6, 6.07) is 0. The van der Waals surface area contributed by atoms with Crippen LogP contribution in [0, 0.1) is 6.92 Å². The average Bonchev–Trinajstić information content (AvgIpc) is 2.71. The van der Waals surface area contributed by atoms with Gasteiger partial charge in [0.2, 0.25) is 0 Å². The van der Waals surface area contributed by atoms with Crippen LogP contribution in [0.2, 0.25) is 0 Å². The lowest BCUT2D eigenvalue weighted by Gasteiger charge is -2.23. The van der Waals surface area contributed by atoms with Crippen molar-refractivity contribution in [3.05, 3.63) is 17.3 Å². The molecule has 0 saturated carbocycles. The third kappa shape index (κ3) is 2.41. The Bertz CT molecular complexity index is 486. The fourth-order valence-electron chi connectivity index (χ4n) is 2.10. The van der Waals surface area contributed by atoms with Gasteiger partial charge in [0.25, 0.3) is 0 Å². The van der Waals surface area contributed by atoms with E-state index in [0.29, 0.717) is 0 Å². The van der Waals surface area contributed by atoms with Gasteiger partial charge in [-0.25, -0.2) is 9.97 Å². The van der Waals surface area contributed by atoms with E-state index in [1.54, 1.807) is 17.7 Å². The van der Waals surface area contributed by atoms with Gasteiger partial charge in [0.1, 0.15) is 17.0 Å². The van der Waals surface area contributed by atoms with Gasteiger partial charge >= 0.3 is 0 Å². The largest absolute Gasteiger partial charge is 0.356 e. The molecule has 0 bridgehead atoms. The maximum atomic E-state index is 4.50. The summed E-state index contributed by atoms with van der Waals surface area (Å²) in [4.78, 5) is 12.3. The SMILES string of the molecule is CCCN(CCC)c1ncnc2scc(C)c12. The zero-order valence-corrected chi connectivity index (χ0v) is 11.5. The number of rotatable bonds is 5. The van der Waals surface area contributed by atoms with Crippen LogP contribution < -0.4 is 4.90 Å². The molecule has 92 valence electrons. The first kappa shape index (κ1) is 12.3. The summed E-state index contributed by atoms with van der Waals surface area (Å²) in [5.74, 6) is 1.11. The molecule has 2 heterocycles. The Kier molecular flexibility index (Phi) is 3.94. The molecule has 0 atom stereocenters. The lowest BCUT2D eigenvalue weighted by atomic mass is 10.2. The smallest absolute Gasteiger partial charge is 0.141 e. The van der Waals surface area contributed by atoms with E-state index in [9.17, 15) is 0 Å². The van der Waals surface area contributed by atoms with Gasteiger partial charge in [-0.2, -0.15) is 0 Å². The molecule has 0 aromatic carbocycles. The number of fused-ring (bicyclic) bond motifs is 1. The van der Waals surface area contributed by atoms with E-state index < -0.39 is 0 Å². The number of hydrogen-bond acceptors (Lipinski definition) is 4. The molecule has 0 radical (unpaired) electrons. The number of aromatic nitrogens is 2. The molecule has 4 heteroatoms. The van der Waals surface area contributed by atoms with Gasteiger partial charge in [-0.15, -0.1) is 11.3 Å². The number of aryl methyl sites for hydroxylation is 1. The number of hydrogen-bond donors (Lipinski definition) is 0. The summed E-state index contributed by atoms with van der Waals surface area (Å²) < 4.78 is 0. The summed E-state index contributed by atoms with van der Waals surface area (Å²) in [6.45, 7) is 8.69. The number of thiophene rings is 1. The Balaban J connectivity index is 2.47. The molecule has 0 N–H and O–H groups in total. The van der Waals surface area contributed by atoms with Crippen LogP contribution in [0.15, 0.2) is 11.7 Å². The van der Waals surface area contributed by atoms with Crippen LogP contribution in [0.1, 0.15) is 32.3 Å². The maximum absolute atomic E-state index is 4.50. The fourth-order valence-corrected chi connectivity index (χ4v) is 2.99. The highest BCUT2D eigenvalue weighted by Crippen LogP contribution is 2.30. The van der Waals surface area contributed by atoms with Crippen LogP contribution >= 0.6 is 11.3 Å². The lowest BCUT2D eigenvalue weighted by Crippen LogP contribution is -2.26. The first-order valence-corrected chi connectivity index (χ1v) is 7.09. The van der Waals surface area contributed by atoms with Crippen molar-refractivity contribution in [1.82, 2.24) is 9.97 Å². The molecule has 17 heavy (non-hydrogen) atoms. The summed E-state index contributed by atoms with van der Waals surface area (Å²) in [5.41, 5.74) is 1.29. The molecule has 2 aromatic heterocycles. The van der Waals surface area contributed by atoms with E-state index in [1.165, 1.54) is 10.9 Å². The Hall–Kier alpha value is -1.16. The number of nitrogens with zero attached hydrogens (tertiary/aromatic N) is 3. The van der Waals surface area contributed by atoms with Crippen molar-refractivity contribution in [2.45, 2.75) is 33.6 Å². The Morgan fingerprint density at radius 3 is 2.53 bits per heavy atom. The van der Waals surface area contributed by atoms with Crippen molar-refractivity contribution in [2.24, 2.45) is 0 Å². The summed E-state index contributed by atoms with van der Waals surface area (Å²) in [6.07, 6.45) is 3.98. The first-order chi connectivity index (χ1) is 8.27. The highest BCUT2D eigenvalue weighted by molar-refractivity contribution is 7.17. The van der Waals surface area contributed by atoms with E-state index >= 15 is 0 Å². The van der Waals surface area contributed by atoms with E-state index in [0.717, 1.165) is 36.6 Å². The van der Waals surface area contributed by atoms with Gasteiger partial charge < -0.3 is 4.90 Å². The van der Waals surface area contributed by atoms with E-state index in [2.05, 4.69) is 41.0 Å². The van der Waals surface area contributed by atoms with Gasteiger partial charge in [0.05, 0.1) is 5.39 Å². The van der Waals surface area contributed by atoms with E-state index in [1.807, 2.05) is 0 Å². The van der Waals surface area contributed by atoms with Crippen LogP contribution in [0.25, 0.3) is 10.2 Å². The molecule has 0 unspecified atom stereocenters. The lowest BCUT2D eigenvalue weighted by molar-refractivity contribution is 0.736. The fraction of sp³-hybridized carbons (Fsp3) is 0.538. The average molecular weight is 249 g/mol. The van der Waals surface area contributed by atoms with E-state index in [-0.39, 0.29) is 0 Å². The zero-order valence-electron chi connectivity index (χ0n) is 10.7. The maximum Gasteiger partial charge on any atom is 0.141 e. The van der Waals surface area contributed by atoms with Crippen LogP contribution in [0.5, 0.6) is 0 Å². The molecule has 0 aliphatic heterocycles. The quantitative estimate of drug-likeness (QED) is 0.810. The molecule has 0 saturated heterocycles. The normalized spacial score (nSPS) is 11.0. The Labute approximate surface area is 107 Å². The van der Waals surface area contributed by atoms with Crippen molar-refractivity contribution in [3.8, 4) is 0 Å². The predicted molar refractivity (Wildman–Crippen MR) is 74.9 cm³/mol. The minimum atomic E-state index is 1.06. The van der Waals surface area contributed by atoms with Crippen LogP contribution in [-0.4, -0.2) is 23.1 Å². The molecule has 0 spiro atoms. The minimum absolute atomic E-state index is 1.06. The van der Waals surface area contributed by atoms with Crippen LogP contribution in [-0.2, 0) is 0 Å². The zero-order chi connectivity index (χ0) is 12.3. The summed E-state index contributed by atoms with van der Waals surface area (Å²) in [7, 11) is 0. The molecular weight excluding hydrogens is 230 g/mol. The van der Waals surface area contributed by atoms with Gasteiger partial charge in [0, 0.05) is 13.1 Å². The van der Waals surface area contributed by atoms with Crippen molar-refractivity contribution in [2.75, 3.05) is 18.0 Å². The standard InChI is InChI=1S/C13H19N3S/c1-4-6-16(7-5-2)12-11-10(3)8-17-13(11)15-9-14-12/h8-9H,4-7H2,1-3H3. The van der Waals surface area contributed by atoms with Crippen molar-refractivity contribution in [3.63, 3.8) is 0 Å². The number of anilines is 1. The highest BCUT2D eigenvalue weighted by atomic mass is 32.1. The molecule has 2 rings (SSSR count). The summed E-state index contributed by atoms with van der Waals surface area (Å²) in [5, 5.41) is 3.40. The third-order valence-corrected chi connectivity index (χ3v) is 3.82. The van der Waals surface area contributed by atoms with Crippen LogP contribution in [0.4, 0.5) is 5.82 Å². The first-order valence-electron chi connectivity index (χ1n) is 6.21. The molecule has 0 fully saturated rings.